The molecular weight excluding hydrogens is 442 g/mol. The molecule has 0 spiro atoms. The first-order valence-corrected chi connectivity index (χ1v) is 11.3. The number of thiazole rings is 1. The fourth-order valence-corrected chi connectivity index (χ4v) is 4.60. The SMILES string of the molecule is CSCON=C(C(=O)NC1C(=O)N2C(C(=O)O)=CCS[C@H]12)c1csc(NC=O)n1. The van der Waals surface area contributed by atoms with Gasteiger partial charge < -0.3 is 20.6 Å². The Hall–Kier alpha value is -2.58. The maximum absolute atomic E-state index is 12.8. The van der Waals surface area contributed by atoms with Gasteiger partial charge in [-0.05, 0) is 12.3 Å². The van der Waals surface area contributed by atoms with Crippen molar-refractivity contribution in [3.05, 3.63) is 22.8 Å². The Kier molecular flexibility index (Phi) is 6.76. The minimum Gasteiger partial charge on any atom is -0.477 e. The summed E-state index contributed by atoms with van der Waals surface area (Å²) in [4.78, 5) is 57.4. The molecule has 3 heterocycles. The van der Waals surface area contributed by atoms with Crippen molar-refractivity contribution in [3.8, 4) is 0 Å². The molecule has 1 fully saturated rings. The number of carboxylic acid groups (broad SMARTS) is 1. The summed E-state index contributed by atoms with van der Waals surface area (Å²) in [5, 5.41) is 19.3. The van der Waals surface area contributed by atoms with Crippen molar-refractivity contribution in [1.82, 2.24) is 15.2 Å². The number of thioether (sulfide) groups is 2. The largest absolute Gasteiger partial charge is 0.477 e. The van der Waals surface area contributed by atoms with Gasteiger partial charge in [-0.3, -0.25) is 19.3 Å². The lowest BCUT2D eigenvalue weighted by Gasteiger charge is -2.48. The average Bonchev–Trinajstić information content (AvgIpc) is 3.16. The fourth-order valence-electron chi connectivity index (χ4n) is 2.60. The molecule has 0 bridgehead atoms. The first kappa shape index (κ1) is 21.1. The Bertz CT molecular complexity index is 901. The minimum atomic E-state index is -1.20. The molecule has 1 aromatic heterocycles. The molecule has 14 heteroatoms. The zero-order valence-electron chi connectivity index (χ0n) is 14.9. The van der Waals surface area contributed by atoms with Gasteiger partial charge in [0.25, 0.3) is 11.8 Å². The number of carbonyl (C=O) groups excluding carboxylic acids is 3. The number of hydrogen-bond donors (Lipinski definition) is 3. The van der Waals surface area contributed by atoms with Crippen LogP contribution in [0.1, 0.15) is 5.69 Å². The van der Waals surface area contributed by atoms with Gasteiger partial charge in [0, 0.05) is 11.1 Å². The van der Waals surface area contributed by atoms with Crippen molar-refractivity contribution in [2.75, 3.05) is 23.3 Å². The van der Waals surface area contributed by atoms with Crippen LogP contribution in [0.2, 0.25) is 0 Å². The molecule has 0 saturated carbocycles. The Balaban J connectivity index is 1.76. The van der Waals surface area contributed by atoms with Gasteiger partial charge in [0.15, 0.2) is 16.8 Å². The van der Waals surface area contributed by atoms with Crippen LogP contribution in [0, 0.1) is 0 Å². The average molecular weight is 458 g/mol. The Morgan fingerprint density at radius 3 is 3.03 bits per heavy atom. The number of nitrogens with one attached hydrogen (secondary N) is 2. The second-order valence-electron chi connectivity index (χ2n) is 5.55. The third-order valence-electron chi connectivity index (χ3n) is 3.82. The number of β-lactam (4-membered cyclic amide) rings is 1. The van der Waals surface area contributed by atoms with Crippen molar-refractivity contribution < 1.29 is 29.1 Å². The predicted molar refractivity (Wildman–Crippen MR) is 109 cm³/mol. The molecule has 2 aliphatic rings. The van der Waals surface area contributed by atoms with Crippen LogP contribution in [-0.2, 0) is 24.0 Å². The van der Waals surface area contributed by atoms with E-state index in [1.165, 1.54) is 35.0 Å². The second-order valence-corrected chi connectivity index (χ2v) is 8.37. The molecule has 29 heavy (non-hydrogen) atoms. The van der Waals surface area contributed by atoms with E-state index in [0.29, 0.717) is 12.2 Å². The number of aliphatic carboxylic acids is 1. The normalized spacial score (nSPS) is 20.9. The number of hydrogen-bond acceptors (Lipinski definition) is 10. The molecule has 3 N–H and O–H groups in total. The lowest BCUT2D eigenvalue weighted by molar-refractivity contribution is -0.150. The highest BCUT2D eigenvalue weighted by molar-refractivity contribution is 8.00. The Morgan fingerprint density at radius 2 is 2.34 bits per heavy atom. The summed E-state index contributed by atoms with van der Waals surface area (Å²) < 4.78 is 0. The van der Waals surface area contributed by atoms with Crippen molar-refractivity contribution in [2.45, 2.75) is 11.4 Å². The van der Waals surface area contributed by atoms with Gasteiger partial charge in [-0.2, -0.15) is 0 Å². The van der Waals surface area contributed by atoms with Crippen LogP contribution >= 0.6 is 34.9 Å². The number of amides is 3. The summed E-state index contributed by atoms with van der Waals surface area (Å²) in [6.45, 7) is 0. The molecule has 1 aromatic rings. The molecule has 0 aliphatic carbocycles. The predicted octanol–water partition coefficient (Wildman–Crippen LogP) is 0.121. The highest BCUT2D eigenvalue weighted by atomic mass is 32.2. The third kappa shape index (κ3) is 4.38. The van der Waals surface area contributed by atoms with Crippen molar-refractivity contribution in [3.63, 3.8) is 0 Å². The summed E-state index contributed by atoms with van der Waals surface area (Å²) in [7, 11) is 0. The minimum absolute atomic E-state index is 0.0921. The number of anilines is 1. The molecule has 3 rings (SSSR count). The fraction of sp³-hybridized carbons (Fsp3) is 0.333. The maximum atomic E-state index is 12.8. The smallest absolute Gasteiger partial charge is 0.352 e. The van der Waals surface area contributed by atoms with Crippen LogP contribution in [0.5, 0.6) is 0 Å². The van der Waals surface area contributed by atoms with E-state index in [9.17, 15) is 24.3 Å². The zero-order valence-corrected chi connectivity index (χ0v) is 17.3. The lowest BCUT2D eigenvalue weighted by atomic mass is 10.0. The summed E-state index contributed by atoms with van der Waals surface area (Å²) >= 11 is 3.78. The summed E-state index contributed by atoms with van der Waals surface area (Å²) in [5.41, 5.74) is -0.0789. The molecular formula is C15H15N5O6S3. The van der Waals surface area contributed by atoms with E-state index >= 15 is 0 Å². The highest BCUT2D eigenvalue weighted by Gasteiger charge is 2.53. The number of carbonyl (C=O) groups is 4. The van der Waals surface area contributed by atoms with Gasteiger partial charge in [0.1, 0.15) is 22.8 Å². The van der Waals surface area contributed by atoms with Crippen molar-refractivity contribution in [2.24, 2.45) is 5.16 Å². The molecule has 154 valence electrons. The zero-order chi connectivity index (χ0) is 21.0. The van der Waals surface area contributed by atoms with Crippen LogP contribution in [0.4, 0.5) is 5.13 Å². The van der Waals surface area contributed by atoms with Gasteiger partial charge in [0.2, 0.25) is 6.41 Å². The van der Waals surface area contributed by atoms with E-state index in [1.54, 1.807) is 6.26 Å². The Labute approximate surface area is 176 Å². The van der Waals surface area contributed by atoms with Crippen LogP contribution in [0.15, 0.2) is 22.3 Å². The van der Waals surface area contributed by atoms with Gasteiger partial charge >= 0.3 is 5.97 Å². The molecule has 11 nitrogen and oxygen atoms in total. The number of fused-ring (bicyclic) bond motifs is 1. The molecule has 0 radical (unpaired) electrons. The van der Waals surface area contributed by atoms with Crippen LogP contribution in [0.3, 0.4) is 0 Å². The molecule has 3 amide bonds. The lowest BCUT2D eigenvalue weighted by Crippen LogP contribution is -2.70. The number of rotatable bonds is 9. The molecule has 2 aliphatic heterocycles. The van der Waals surface area contributed by atoms with E-state index in [2.05, 4.69) is 20.8 Å². The van der Waals surface area contributed by atoms with E-state index in [-0.39, 0.29) is 28.2 Å². The number of nitrogens with zero attached hydrogens (tertiary/aromatic N) is 3. The van der Waals surface area contributed by atoms with E-state index in [1.807, 2.05) is 0 Å². The summed E-state index contributed by atoms with van der Waals surface area (Å²) in [5.74, 6) is -1.80. The van der Waals surface area contributed by atoms with Gasteiger partial charge in [0.05, 0.1) is 0 Å². The highest BCUT2D eigenvalue weighted by Crippen LogP contribution is 2.37. The standard InChI is InChI=1S/C15H15N5O6S3/c1-27-6-26-19-9(7-4-29-15(17-7)16-5-21)11(22)18-10-12(23)20-8(14(24)25)2-3-28-13(10)20/h2,4-5,10,13H,3,6H2,1H3,(H,18,22)(H,24,25)(H,16,17,21)/t10?,13-/m1/s1. The number of oxime groups is 1. The second kappa shape index (κ2) is 9.28. The van der Waals surface area contributed by atoms with E-state index in [0.717, 1.165) is 16.2 Å². The van der Waals surface area contributed by atoms with E-state index in [4.69, 9.17) is 4.84 Å². The molecule has 1 unspecified atom stereocenters. The van der Waals surface area contributed by atoms with Crippen molar-refractivity contribution in [1.29, 1.82) is 0 Å². The Morgan fingerprint density at radius 1 is 1.55 bits per heavy atom. The van der Waals surface area contributed by atoms with Gasteiger partial charge in [-0.1, -0.05) is 5.16 Å². The monoisotopic (exact) mass is 457 g/mol. The van der Waals surface area contributed by atoms with Crippen molar-refractivity contribution >= 4 is 69.9 Å². The molecule has 2 atom stereocenters. The first-order valence-electron chi connectivity index (χ1n) is 8.02. The summed E-state index contributed by atoms with van der Waals surface area (Å²) in [6.07, 6.45) is 3.71. The van der Waals surface area contributed by atoms with Gasteiger partial charge in [-0.15, -0.1) is 34.9 Å². The van der Waals surface area contributed by atoms with Gasteiger partial charge in [-0.25, -0.2) is 9.78 Å². The number of carboxylic acids is 1. The number of aromatic nitrogens is 1. The maximum Gasteiger partial charge on any atom is 0.352 e. The van der Waals surface area contributed by atoms with Crippen LogP contribution < -0.4 is 10.6 Å². The van der Waals surface area contributed by atoms with E-state index < -0.39 is 29.2 Å². The third-order valence-corrected chi connectivity index (χ3v) is 6.12. The molecule has 0 aromatic carbocycles. The topological polar surface area (TPSA) is 150 Å². The summed E-state index contributed by atoms with van der Waals surface area (Å²) in [6, 6.07) is -0.896. The quantitative estimate of drug-likeness (QED) is 0.117. The van der Waals surface area contributed by atoms with Crippen LogP contribution in [0.25, 0.3) is 0 Å². The molecule has 1 saturated heterocycles. The van der Waals surface area contributed by atoms with Crippen LogP contribution in [-0.4, -0.2) is 74.3 Å². The first-order chi connectivity index (χ1) is 14.0.